The van der Waals surface area contributed by atoms with Gasteiger partial charge in [0.15, 0.2) is 15.9 Å². The standard InChI is InChI=1S/C31H42N2O7S2/c1-3-40-27(36)18-21-20-41-30(32-21)42-31(39)33(2)19-25-24(28(37)22-15-12-13-16-23(22)29(25)38)14-10-8-6-4-5-7-9-11-17-26(34)35/h20H,3-19H2,1-2H3,(H,34,35). The average molecular weight is 619 g/mol. The minimum Gasteiger partial charge on any atom is -0.481 e. The number of hydrogen-bond donors (Lipinski definition) is 1. The molecule has 9 nitrogen and oxygen atoms in total. The van der Waals surface area contributed by atoms with Crippen LogP contribution in [-0.2, 0) is 30.3 Å². The summed E-state index contributed by atoms with van der Waals surface area (Å²) in [5.41, 5.74) is 2.85. The maximum Gasteiger partial charge on any atom is 0.311 e. The Hall–Kier alpha value is -2.79. The summed E-state index contributed by atoms with van der Waals surface area (Å²) in [7, 11) is 1.63. The Morgan fingerprint density at radius 1 is 0.952 bits per heavy atom. The number of Topliss-reactive ketones (excluding diaryl/α,β-unsaturated/α-hetero) is 2. The van der Waals surface area contributed by atoms with Crippen LogP contribution in [0, 0.1) is 0 Å². The quantitative estimate of drug-likeness (QED) is 0.0877. The van der Waals surface area contributed by atoms with Gasteiger partial charge in [0.25, 0.3) is 5.24 Å². The predicted octanol–water partition coefficient (Wildman–Crippen LogP) is 6.70. The van der Waals surface area contributed by atoms with E-state index in [4.69, 9.17) is 9.84 Å². The number of thiazole rings is 1. The third-order valence-electron chi connectivity index (χ3n) is 7.54. The highest BCUT2D eigenvalue weighted by Gasteiger charge is 2.35. The number of ketones is 2. The number of hydrogen-bond acceptors (Lipinski definition) is 9. The summed E-state index contributed by atoms with van der Waals surface area (Å²) in [6.07, 6.45) is 11.4. The average Bonchev–Trinajstić information content (AvgIpc) is 3.39. The number of aliphatic carboxylic acids is 1. The third-order valence-corrected chi connectivity index (χ3v) is 9.51. The molecule has 0 bridgehead atoms. The zero-order chi connectivity index (χ0) is 30.5. The Kier molecular flexibility index (Phi) is 13.9. The molecule has 0 atom stereocenters. The Bertz CT molecular complexity index is 1220. The molecule has 0 saturated carbocycles. The fourth-order valence-corrected chi connectivity index (χ4v) is 6.97. The highest BCUT2D eigenvalue weighted by molar-refractivity contribution is 8.14. The summed E-state index contributed by atoms with van der Waals surface area (Å²) in [6, 6.07) is 0. The number of carbonyl (C=O) groups excluding carboxylic acids is 4. The van der Waals surface area contributed by atoms with E-state index in [2.05, 4.69) is 4.98 Å². The maximum absolute atomic E-state index is 13.6. The molecule has 0 saturated heterocycles. The molecule has 0 aliphatic heterocycles. The molecule has 230 valence electrons. The van der Waals surface area contributed by atoms with Crippen LogP contribution in [0.2, 0.25) is 0 Å². The molecule has 0 aromatic carbocycles. The molecule has 1 heterocycles. The zero-order valence-corrected chi connectivity index (χ0v) is 26.3. The van der Waals surface area contributed by atoms with Crippen molar-refractivity contribution in [2.75, 3.05) is 20.2 Å². The van der Waals surface area contributed by atoms with E-state index >= 15 is 0 Å². The van der Waals surface area contributed by atoms with Crippen molar-refractivity contribution in [3.8, 4) is 0 Å². The van der Waals surface area contributed by atoms with Gasteiger partial charge in [-0.05, 0) is 51.9 Å². The summed E-state index contributed by atoms with van der Waals surface area (Å²) >= 11 is 2.22. The number of esters is 1. The lowest BCUT2D eigenvalue weighted by Gasteiger charge is -2.29. The van der Waals surface area contributed by atoms with Crippen molar-refractivity contribution >= 4 is 51.8 Å². The van der Waals surface area contributed by atoms with Gasteiger partial charge < -0.3 is 14.7 Å². The second-order valence-electron chi connectivity index (χ2n) is 10.8. The molecule has 0 spiro atoms. The number of carbonyl (C=O) groups is 5. The lowest BCUT2D eigenvalue weighted by Crippen LogP contribution is -2.33. The predicted molar refractivity (Wildman–Crippen MR) is 163 cm³/mol. The first-order chi connectivity index (χ1) is 20.2. The van der Waals surface area contributed by atoms with Crippen LogP contribution in [0.15, 0.2) is 32.0 Å². The van der Waals surface area contributed by atoms with E-state index in [1.165, 1.54) is 16.2 Å². The van der Waals surface area contributed by atoms with Gasteiger partial charge in [-0.3, -0.25) is 24.0 Å². The number of carboxylic acids is 1. The topological polar surface area (TPSA) is 131 Å². The number of likely N-dealkylation sites (N-methyl/N-ethyl adjacent to an activating group) is 1. The van der Waals surface area contributed by atoms with Gasteiger partial charge >= 0.3 is 11.9 Å². The summed E-state index contributed by atoms with van der Waals surface area (Å²) < 4.78 is 5.46. The first-order valence-electron chi connectivity index (χ1n) is 15.0. The first-order valence-corrected chi connectivity index (χ1v) is 16.7. The van der Waals surface area contributed by atoms with Crippen LogP contribution < -0.4 is 0 Å². The van der Waals surface area contributed by atoms with Crippen LogP contribution in [0.1, 0.15) is 103 Å². The van der Waals surface area contributed by atoms with Crippen molar-refractivity contribution in [3.63, 3.8) is 0 Å². The second-order valence-corrected chi connectivity index (χ2v) is 12.9. The first kappa shape index (κ1) is 33.7. The molecule has 0 unspecified atom stereocenters. The number of ether oxygens (including phenoxy) is 1. The number of allylic oxidation sites excluding steroid dienone is 3. The van der Waals surface area contributed by atoms with Gasteiger partial charge in [-0.1, -0.05) is 38.5 Å². The highest BCUT2D eigenvalue weighted by Crippen LogP contribution is 2.37. The van der Waals surface area contributed by atoms with Gasteiger partial charge in [-0.2, -0.15) is 0 Å². The van der Waals surface area contributed by atoms with E-state index in [1.807, 2.05) is 0 Å². The molecular formula is C31H42N2O7S2. The van der Waals surface area contributed by atoms with Crippen LogP contribution in [-0.4, -0.2) is 63.9 Å². The van der Waals surface area contributed by atoms with E-state index in [0.717, 1.165) is 76.0 Å². The second kappa shape index (κ2) is 17.4. The summed E-state index contributed by atoms with van der Waals surface area (Å²) in [5.74, 6) is -1.22. The minimum absolute atomic E-state index is 0.0187. The van der Waals surface area contributed by atoms with E-state index in [9.17, 15) is 24.0 Å². The third kappa shape index (κ3) is 10.2. The molecule has 2 aliphatic rings. The number of aromatic nitrogens is 1. The number of nitrogens with zero attached hydrogens (tertiary/aromatic N) is 2. The molecular weight excluding hydrogens is 576 g/mol. The van der Waals surface area contributed by atoms with Crippen molar-refractivity contribution in [2.24, 2.45) is 0 Å². The number of thioether (sulfide) groups is 1. The number of rotatable bonds is 17. The highest BCUT2D eigenvalue weighted by atomic mass is 32.2. The van der Waals surface area contributed by atoms with E-state index < -0.39 is 5.97 Å². The summed E-state index contributed by atoms with van der Waals surface area (Å²) in [5, 5.41) is 10.2. The summed E-state index contributed by atoms with van der Waals surface area (Å²) in [6.45, 7) is 2.10. The molecule has 3 rings (SSSR count). The Labute approximate surface area is 256 Å². The van der Waals surface area contributed by atoms with Gasteiger partial charge in [0.2, 0.25) is 0 Å². The van der Waals surface area contributed by atoms with Crippen molar-refractivity contribution in [3.05, 3.63) is 33.4 Å². The fraction of sp³-hybridized carbons (Fsp3) is 0.613. The molecule has 1 amide bonds. The van der Waals surface area contributed by atoms with Gasteiger partial charge in [0, 0.05) is 52.9 Å². The number of carboxylic acid groups (broad SMARTS) is 1. The fourth-order valence-electron chi connectivity index (χ4n) is 5.35. The van der Waals surface area contributed by atoms with Crippen LogP contribution >= 0.6 is 23.1 Å². The van der Waals surface area contributed by atoms with Crippen LogP contribution in [0.5, 0.6) is 0 Å². The van der Waals surface area contributed by atoms with Crippen LogP contribution in [0.25, 0.3) is 0 Å². The molecule has 1 aromatic rings. The van der Waals surface area contributed by atoms with Gasteiger partial charge in [0.05, 0.1) is 25.3 Å². The Morgan fingerprint density at radius 2 is 1.55 bits per heavy atom. The zero-order valence-electron chi connectivity index (χ0n) is 24.7. The Balaban J connectivity index is 1.58. The van der Waals surface area contributed by atoms with Crippen molar-refractivity contribution < 1.29 is 33.8 Å². The van der Waals surface area contributed by atoms with Crippen LogP contribution in [0.4, 0.5) is 4.79 Å². The molecule has 1 aromatic heterocycles. The van der Waals surface area contributed by atoms with E-state index in [-0.39, 0.29) is 42.2 Å². The molecule has 0 fully saturated rings. The monoisotopic (exact) mass is 618 g/mol. The SMILES string of the molecule is CCOC(=O)Cc1csc(SC(=O)N(C)CC2=C(CCCCCCCCCCC(=O)O)C(=O)C3=C(CCCC3)C2=O)n1. The Morgan fingerprint density at radius 3 is 2.17 bits per heavy atom. The van der Waals surface area contributed by atoms with Crippen LogP contribution in [0.3, 0.4) is 0 Å². The minimum atomic E-state index is -0.745. The lowest BCUT2D eigenvalue weighted by molar-refractivity contribution is -0.142. The maximum atomic E-state index is 13.6. The summed E-state index contributed by atoms with van der Waals surface area (Å²) in [4.78, 5) is 68.4. The molecule has 0 radical (unpaired) electrons. The van der Waals surface area contributed by atoms with Crippen molar-refractivity contribution in [2.45, 2.75) is 108 Å². The van der Waals surface area contributed by atoms with E-state index in [1.54, 1.807) is 19.4 Å². The van der Waals surface area contributed by atoms with Crippen molar-refractivity contribution in [1.29, 1.82) is 0 Å². The smallest absolute Gasteiger partial charge is 0.311 e. The van der Waals surface area contributed by atoms with Gasteiger partial charge in [-0.15, -0.1) is 11.3 Å². The normalized spacial score (nSPS) is 15.2. The lowest BCUT2D eigenvalue weighted by atomic mass is 9.76. The molecule has 1 N–H and O–H groups in total. The molecule has 2 aliphatic carbocycles. The van der Waals surface area contributed by atoms with Gasteiger partial charge in [0.1, 0.15) is 0 Å². The molecule has 42 heavy (non-hydrogen) atoms. The number of amides is 1. The van der Waals surface area contributed by atoms with Gasteiger partial charge in [-0.25, -0.2) is 4.98 Å². The largest absolute Gasteiger partial charge is 0.481 e. The van der Waals surface area contributed by atoms with E-state index in [0.29, 0.717) is 58.2 Å². The number of unbranched alkanes of at least 4 members (excludes halogenated alkanes) is 7. The van der Waals surface area contributed by atoms with Crippen molar-refractivity contribution in [1.82, 2.24) is 9.88 Å². The molecule has 11 heteroatoms.